The van der Waals surface area contributed by atoms with Gasteiger partial charge in [0.15, 0.2) is 0 Å². The lowest BCUT2D eigenvalue weighted by Gasteiger charge is -2.24. The molecule has 0 radical (unpaired) electrons. The molecule has 0 heterocycles. The van der Waals surface area contributed by atoms with E-state index in [1.807, 2.05) is 6.92 Å². The second-order valence-corrected chi connectivity index (χ2v) is 4.93. The summed E-state index contributed by atoms with van der Waals surface area (Å²) in [7, 11) is 0. The van der Waals surface area contributed by atoms with Crippen molar-refractivity contribution >= 4 is 5.91 Å². The molecule has 1 N–H and O–H groups in total. The summed E-state index contributed by atoms with van der Waals surface area (Å²) in [5.74, 6) is 0.405. The largest absolute Gasteiger partial charge is 0.356 e. The van der Waals surface area contributed by atoms with Crippen LogP contribution < -0.4 is 5.32 Å². The summed E-state index contributed by atoms with van der Waals surface area (Å²) in [6.45, 7) is 12.2. The van der Waals surface area contributed by atoms with Gasteiger partial charge in [-0.1, -0.05) is 46.5 Å². The van der Waals surface area contributed by atoms with Crippen LogP contribution in [0.2, 0.25) is 0 Å². The Morgan fingerprint density at radius 3 is 2.22 bits per heavy atom. The number of hydrogen-bond donors (Lipinski definition) is 1. The van der Waals surface area contributed by atoms with E-state index in [0.29, 0.717) is 0 Å². The van der Waals surface area contributed by atoms with Gasteiger partial charge in [0.1, 0.15) is 0 Å². The van der Waals surface area contributed by atoms with E-state index in [9.17, 15) is 4.79 Å². The minimum atomic E-state index is 0.168. The molecule has 0 aromatic carbocycles. The van der Waals surface area contributed by atoms with Gasteiger partial charge in [0.05, 0.1) is 5.92 Å². The molecule has 18 heavy (non-hydrogen) atoms. The maximum Gasteiger partial charge on any atom is 0.224 e. The quantitative estimate of drug-likeness (QED) is 0.576. The molecule has 1 amide bonds. The van der Waals surface area contributed by atoms with Crippen LogP contribution in [0.25, 0.3) is 0 Å². The molecule has 0 aromatic heterocycles. The molecule has 0 spiro atoms. The molecule has 1 atom stereocenters. The summed E-state index contributed by atoms with van der Waals surface area (Å²) < 4.78 is 0. The molecular weight excluding hydrogens is 224 g/mol. The van der Waals surface area contributed by atoms with Crippen LogP contribution in [-0.4, -0.2) is 37.0 Å². The van der Waals surface area contributed by atoms with E-state index < -0.39 is 0 Å². The molecule has 0 aromatic rings. The fraction of sp³-hybridized carbons (Fsp3) is 0.933. The van der Waals surface area contributed by atoms with Gasteiger partial charge in [-0.3, -0.25) is 4.79 Å². The van der Waals surface area contributed by atoms with Crippen molar-refractivity contribution in [1.29, 1.82) is 0 Å². The normalized spacial score (nSPS) is 12.7. The summed E-state index contributed by atoms with van der Waals surface area (Å²) in [5, 5.41) is 2.97. The van der Waals surface area contributed by atoms with Crippen molar-refractivity contribution in [2.75, 3.05) is 26.2 Å². The minimum absolute atomic E-state index is 0.168. The van der Waals surface area contributed by atoms with Crippen molar-refractivity contribution in [1.82, 2.24) is 10.2 Å². The molecule has 3 nitrogen and oxygen atoms in total. The van der Waals surface area contributed by atoms with Crippen LogP contribution in [0.1, 0.15) is 59.8 Å². The topological polar surface area (TPSA) is 32.3 Å². The molecule has 108 valence electrons. The Morgan fingerprint density at radius 2 is 1.72 bits per heavy atom. The third kappa shape index (κ3) is 7.70. The predicted octanol–water partition coefficient (Wildman–Crippen LogP) is 3.05. The number of amides is 1. The van der Waals surface area contributed by atoms with Gasteiger partial charge in [0.25, 0.3) is 0 Å². The smallest absolute Gasteiger partial charge is 0.224 e. The zero-order valence-corrected chi connectivity index (χ0v) is 12.8. The fourth-order valence-electron chi connectivity index (χ4n) is 2.23. The van der Waals surface area contributed by atoms with Gasteiger partial charge in [0.2, 0.25) is 5.91 Å². The number of carbonyl (C=O) groups is 1. The van der Waals surface area contributed by atoms with Crippen LogP contribution >= 0.6 is 0 Å². The van der Waals surface area contributed by atoms with E-state index >= 15 is 0 Å². The lowest BCUT2D eigenvalue weighted by atomic mass is 9.99. The van der Waals surface area contributed by atoms with Crippen molar-refractivity contribution < 1.29 is 4.79 Å². The standard InChI is InChI=1S/C15H32N2O/c1-5-9-10-11-12-14(15(18)16-6-2)13-17(7-3)8-4/h14H,5-13H2,1-4H3,(H,16,18). The van der Waals surface area contributed by atoms with Gasteiger partial charge in [-0.25, -0.2) is 0 Å². The second-order valence-electron chi connectivity index (χ2n) is 4.93. The molecule has 0 fully saturated rings. The Bertz CT molecular complexity index is 203. The molecule has 3 heteroatoms. The van der Waals surface area contributed by atoms with Crippen LogP contribution in [0.5, 0.6) is 0 Å². The predicted molar refractivity (Wildman–Crippen MR) is 78.7 cm³/mol. The first-order chi connectivity index (χ1) is 8.69. The van der Waals surface area contributed by atoms with E-state index in [4.69, 9.17) is 0 Å². The Kier molecular flexibility index (Phi) is 11.2. The molecule has 1 unspecified atom stereocenters. The van der Waals surface area contributed by atoms with Crippen LogP contribution in [0.3, 0.4) is 0 Å². The average molecular weight is 256 g/mol. The minimum Gasteiger partial charge on any atom is -0.356 e. The van der Waals surface area contributed by atoms with Crippen LogP contribution in [0, 0.1) is 5.92 Å². The first kappa shape index (κ1) is 17.4. The SMILES string of the molecule is CCCCCCC(CN(CC)CC)C(=O)NCC. The number of nitrogens with one attached hydrogen (secondary N) is 1. The maximum atomic E-state index is 12.0. The second kappa shape index (κ2) is 11.5. The highest BCUT2D eigenvalue weighted by atomic mass is 16.1. The molecule has 0 rings (SSSR count). The Morgan fingerprint density at radius 1 is 1.06 bits per heavy atom. The molecule has 0 saturated heterocycles. The molecule has 0 saturated carbocycles. The van der Waals surface area contributed by atoms with E-state index in [1.54, 1.807) is 0 Å². The van der Waals surface area contributed by atoms with E-state index in [-0.39, 0.29) is 11.8 Å². The highest BCUT2D eigenvalue weighted by molar-refractivity contribution is 5.78. The van der Waals surface area contributed by atoms with Crippen molar-refractivity contribution in [2.45, 2.75) is 59.8 Å². The monoisotopic (exact) mass is 256 g/mol. The van der Waals surface area contributed by atoms with Gasteiger partial charge in [-0.05, 0) is 26.4 Å². The molecule has 0 aliphatic rings. The van der Waals surface area contributed by atoms with Crippen molar-refractivity contribution in [2.24, 2.45) is 5.92 Å². The van der Waals surface area contributed by atoms with Crippen LogP contribution in [-0.2, 0) is 4.79 Å². The summed E-state index contributed by atoms with van der Waals surface area (Å²) in [6.07, 6.45) is 6.00. The highest BCUT2D eigenvalue weighted by Crippen LogP contribution is 2.13. The zero-order valence-electron chi connectivity index (χ0n) is 12.8. The van der Waals surface area contributed by atoms with Gasteiger partial charge in [-0.2, -0.15) is 0 Å². The van der Waals surface area contributed by atoms with E-state index in [2.05, 4.69) is 31.0 Å². The zero-order chi connectivity index (χ0) is 13.8. The summed E-state index contributed by atoms with van der Waals surface area (Å²) >= 11 is 0. The summed E-state index contributed by atoms with van der Waals surface area (Å²) in [5.41, 5.74) is 0. The fourth-order valence-corrected chi connectivity index (χ4v) is 2.23. The Hall–Kier alpha value is -0.570. The molecule has 0 aliphatic heterocycles. The van der Waals surface area contributed by atoms with Crippen LogP contribution in [0.4, 0.5) is 0 Å². The third-order valence-electron chi connectivity index (χ3n) is 3.50. The number of nitrogens with zero attached hydrogens (tertiary/aromatic N) is 1. The van der Waals surface area contributed by atoms with Crippen molar-refractivity contribution in [3.05, 3.63) is 0 Å². The van der Waals surface area contributed by atoms with Gasteiger partial charge in [-0.15, -0.1) is 0 Å². The Balaban J connectivity index is 4.19. The number of hydrogen-bond acceptors (Lipinski definition) is 2. The lowest BCUT2D eigenvalue weighted by molar-refractivity contribution is -0.125. The number of unbranched alkanes of at least 4 members (excludes halogenated alkanes) is 3. The maximum absolute atomic E-state index is 12.0. The van der Waals surface area contributed by atoms with Crippen LogP contribution in [0.15, 0.2) is 0 Å². The number of carbonyl (C=O) groups excluding carboxylic acids is 1. The summed E-state index contributed by atoms with van der Waals surface area (Å²) in [4.78, 5) is 14.4. The van der Waals surface area contributed by atoms with Gasteiger partial charge >= 0.3 is 0 Å². The van der Waals surface area contributed by atoms with Gasteiger partial charge < -0.3 is 10.2 Å². The van der Waals surface area contributed by atoms with Gasteiger partial charge in [0, 0.05) is 13.1 Å². The van der Waals surface area contributed by atoms with Crippen molar-refractivity contribution in [3.63, 3.8) is 0 Å². The van der Waals surface area contributed by atoms with Crippen molar-refractivity contribution in [3.8, 4) is 0 Å². The van der Waals surface area contributed by atoms with E-state index in [1.165, 1.54) is 25.7 Å². The molecule has 0 bridgehead atoms. The molecular formula is C15H32N2O. The lowest BCUT2D eigenvalue weighted by Crippen LogP contribution is -2.39. The molecule has 0 aliphatic carbocycles. The summed E-state index contributed by atoms with van der Waals surface area (Å²) in [6, 6.07) is 0. The first-order valence-electron chi connectivity index (χ1n) is 7.69. The average Bonchev–Trinajstić information content (AvgIpc) is 2.38. The Labute approximate surface area is 113 Å². The first-order valence-corrected chi connectivity index (χ1v) is 7.69. The third-order valence-corrected chi connectivity index (χ3v) is 3.50. The van der Waals surface area contributed by atoms with E-state index in [0.717, 1.165) is 32.6 Å². The number of rotatable bonds is 11. The highest BCUT2D eigenvalue weighted by Gasteiger charge is 2.19.